The minimum atomic E-state index is -0.0871. The number of amides is 1. The lowest BCUT2D eigenvalue weighted by molar-refractivity contribution is -0.113. The first-order chi connectivity index (χ1) is 13.0. The third kappa shape index (κ3) is 5.59. The standard InChI is InChI=1S/C20H22N4O2S/c1-13-5-8-16(9-6-13)26-11-18-22-20(24-23-18)27-12-19(25)21-17-10-14(2)4-7-15(17)3/h4-10H,11-12H2,1-3H3,(H,21,25)(H,22,23,24). The summed E-state index contributed by atoms with van der Waals surface area (Å²) in [4.78, 5) is 16.5. The SMILES string of the molecule is Cc1ccc(OCc2nc(SCC(=O)Nc3cc(C)ccc3C)n[nH]2)cc1. The topological polar surface area (TPSA) is 79.9 Å². The largest absolute Gasteiger partial charge is 0.486 e. The molecule has 0 bridgehead atoms. The number of nitrogens with zero attached hydrogens (tertiary/aromatic N) is 2. The molecule has 1 heterocycles. The van der Waals surface area contributed by atoms with Gasteiger partial charge < -0.3 is 10.1 Å². The van der Waals surface area contributed by atoms with Gasteiger partial charge in [0.2, 0.25) is 11.1 Å². The van der Waals surface area contributed by atoms with E-state index in [-0.39, 0.29) is 11.7 Å². The molecule has 0 spiro atoms. The number of nitrogens with one attached hydrogen (secondary N) is 2. The van der Waals surface area contributed by atoms with E-state index in [2.05, 4.69) is 20.5 Å². The molecule has 0 saturated carbocycles. The quantitative estimate of drug-likeness (QED) is 0.603. The summed E-state index contributed by atoms with van der Waals surface area (Å²) in [5.41, 5.74) is 4.16. The monoisotopic (exact) mass is 382 g/mol. The zero-order valence-corrected chi connectivity index (χ0v) is 16.4. The van der Waals surface area contributed by atoms with E-state index in [1.807, 2.05) is 63.2 Å². The van der Waals surface area contributed by atoms with Crippen LogP contribution in [0.25, 0.3) is 0 Å². The summed E-state index contributed by atoms with van der Waals surface area (Å²) in [5, 5.41) is 10.4. The van der Waals surface area contributed by atoms with Crippen LogP contribution in [-0.2, 0) is 11.4 Å². The van der Waals surface area contributed by atoms with Gasteiger partial charge in [0, 0.05) is 5.69 Å². The van der Waals surface area contributed by atoms with Gasteiger partial charge in [-0.2, -0.15) is 0 Å². The predicted molar refractivity (Wildman–Crippen MR) is 107 cm³/mol. The number of H-pyrrole nitrogens is 1. The maximum atomic E-state index is 12.2. The van der Waals surface area contributed by atoms with Gasteiger partial charge in [0.05, 0.1) is 5.75 Å². The average Bonchev–Trinajstić information content (AvgIpc) is 3.10. The van der Waals surface area contributed by atoms with Gasteiger partial charge in [-0.3, -0.25) is 9.89 Å². The highest BCUT2D eigenvalue weighted by molar-refractivity contribution is 7.99. The van der Waals surface area contributed by atoms with Crippen LogP contribution in [0.2, 0.25) is 0 Å². The Morgan fingerprint density at radius 1 is 1.11 bits per heavy atom. The van der Waals surface area contributed by atoms with E-state index in [1.54, 1.807) is 0 Å². The first-order valence-electron chi connectivity index (χ1n) is 8.60. The van der Waals surface area contributed by atoms with Crippen LogP contribution in [0.1, 0.15) is 22.5 Å². The second kappa shape index (κ2) is 8.73. The third-order valence-corrected chi connectivity index (χ3v) is 4.75. The van der Waals surface area contributed by atoms with Gasteiger partial charge in [0.15, 0.2) is 5.82 Å². The molecule has 27 heavy (non-hydrogen) atoms. The molecule has 0 saturated heterocycles. The number of hydrogen-bond donors (Lipinski definition) is 2. The van der Waals surface area contributed by atoms with Crippen LogP contribution in [0, 0.1) is 20.8 Å². The van der Waals surface area contributed by atoms with Crippen LogP contribution in [0.3, 0.4) is 0 Å². The van der Waals surface area contributed by atoms with Crippen LogP contribution in [0.5, 0.6) is 5.75 Å². The molecule has 0 fully saturated rings. The maximum absolute atomic E-state index is 12.2. The first kappa shape index (κ1) is 19.0. The van der Waals surface area contributed by atoms with E-state index in [0.717, 1.165) is 22.6 Å². The van der Waals surface area contributed by atoms with Crippen molar-refractivity contribution in [3.05, 3.63) is 65.0 Å². The van der Waals surface area contributed by atoms with Gasteiger partial charge in [0.25, 0.3) is 0 Å². The number of ether oxygens (including phenoxy) is 1. The summed E-state index contributed by atoms with van der Waals surface area (Å²) < 4.78 is 5.67. The van der Waals surface area contributed by atoms with Crippen molar-refractivity contribution in [2.24, 2.45) is 0 Å². The maximum Gasteiger partial charge on any atom is 0.234 e. The Morgan fingerprint density at radius 2 is 1.85 bits per heavy atom. The van der Waals surface area contributed by atoms with Crippen LogP contribution in [0.4, 0.5) is 5.69 Å². The molecule has 0 aliphatic carbocycles. The van der Waals surface area contributed by atoms with E-state index in [4.69, 9.17) is 4.74 Å². The third-order valence-electron chi connectivity index (χ3n) is 3.91. The number of thioether (sulfide) groups is 1. The molecule has 2 N–H and O–H groups in total. The Hall–Kier alpha value is -2.80. The van der Waals surface area contributed by atoms with Gasteiger partial charge >= 0.3 is 0 Å². The number of aromatic amines is 1. The Morgan fingerprint density at radius 3 is 2.63 bits per heavy atom. The van der Waals surface area contributed by atoms with Gasteiger partial charge in [-0.1, -0.05) is 41.6 Å². The summed E-state index contributed by atoms with van der Waals surface area (Å²) in [7, 11) is 0. The van der Waals surface area contributed by atoms with Crippen molar-refractivity contribution in [3.8, 4) is 5.75 Å². The summed E-state index contributed by atoms with van der Waals surface area (Å²) >= 11 is 1.28. The summed E-state index contributed by atoms with van der Waals surface area (Å²) in [6.45, 7) is 6.29. The highest BCUT2D eigenvalue weighted by Crippen LogP contribution is 2.18. The average molecular weight is 382 g/mol. The predicted octanol–water partition coefficient (Wildman–Crippen LogP) is 4.04. The second-order valence-electron chi connectivity index (χ2n) is 6.32. The summed E-state index contributed by atoms with van der Waals surface area (Å²) in [5.74, 6) is 1.55. The minimum absolute atomic E-state index is 0.0871. The molecular formula is C20H22N4O2S. The highest BCUT2D eigenvalue weighted by atomic mass is 32.2. The fourth-order valence-corrected chi connectivity index (χ4v) is 3.00. The molecule has 2 aromatic carbocycles. The molecule has 0 radical (unpaired) electrons. The van der Waals surface area contributed by atoms with Crippen LogP contribution < -0.4 is 10.1 Å². The number of carbonyl (C=O) groups is 1. The Bertz CT molecular complexity index is 922. The molecule has 7 heteroatoms. The molecule has 0 aliphatic heterocycles. The molecule has 1 amide bonds. The van der Waals surface area contributed by atoms with Crippen LogP contribution >= 0.6 is 11.8 Å². The summed E-state index contributed by atoms with van der Waals surface area (Å²) in [6, 6.07) is 13.8. The number of benzene rings is 2. The molecule has 0 aliphatic rings. The molecule has 3 aromatic rings. The fraction of sp³-hybridized carbons (Fsp3) is 0.250. The second-order valence-corrected chi connectivity index (χ2v) is 7.26. The number of rotatable bonds is 7. The van der Waals surface area contributed by atoms with Crippen molar-refractivity contribution in [3.63, 3.8) is 0 Å². The number of carbonyl (C=O) groups excluding carboxylic acids is 1. The Kier molecular flexibility index (Phi) is 6.13. The van der Waals surface area contributed by atoms with Gasteiger partial charge in [-0.25, -0.2) is 4.98 Å². The van der Waals surface area contributed by atoms with E-state index >= 15 is 0 Å². The first-order valence-corrected chi connectivity index (χ1v) is 9.59. The number of hydrogen-bond acceptors (Lipinski definition) is 5. The molecule has 0 unspecified atom stereocenters. The van der Waals surface area contributed by atoms with E-state index in [0.29, 0.717) is 17.6 Å². The number of aryl methyl sites for hydroxylation is 3. The van der Waals surface area contributed by atoms with Crippen molar-refractivity contribution in [2.45, 2.75) is 32.5 Å². The highest BCUT2D eigenvalue weighted by Gasteiger charge is 2.10. The lowest BCUT2D eigenvalue weighted by Crippen LogP contribution is -2.15. The van der Waals surface area contributed by atoms with E-state index in [9.17, 15) is 4.79 Å². The van der Waals surface area contributed by atoms with Crippen molar-refractivity contribution in [2.75, 3.05) is 11.1 Å². The number of anilines is 1. The van der Waals surface area contributed by atoms with Crippen molar-refractivity contribution < 1.29 is 9.53 Å². The van der Waals surface area contributed by atoms with E-state index in [1.165, 1.54) is 17.3 Å². The van der Waals surface area contributed by atoms with Gasteiger partial charge in [-0.15, -0.1) is 5.10 Å². The summed E-state index contributed by atoms with van der Waals surface area (Å²) in [6.07, 6.45) is 0. The minimum Gasteiger partial charge on any atom is -0.486 e. The smallest absolute Gasteiger partial charge is 0.234 e. The van der Waals surface area contributed by atoms with Crippen LogP contribution in [-0.4, -0.2) is 26.8 Å². The van der Waals surface area contributed by atoms with Crippen LogP contribution in [0.15, 0.2) is 47.6 Å². The zero-order valence-electron chi connectivity index (χ0n) is 15.6. The lowest BCUT2D eigenvalue weighted by atomic mass is 10.1. The zero-order chi connectivity index (χ0) is 19.2. The van der Waals surface area contributed by atoms with E-state index < -0.39 is 0 Å². The molecule has 140 valence electrons. The van der Waals surface area contributed by atoms with Crippen molar-refractivity contribution in [1.82, 2.24) is 15.2 Å². The van der Waals surface area contributed by atoms with Crippen molar-refractivity contribution in [1.29, 1.82) is 0 Å². The van der Waals surface area contributed by atoms with Crippen molar-refractivity contribution >= 4 is 23.4 Å². The molecule has 3 rings (SSSR count). The lowest BCUT2D eigenvalue weighted by Gasteiger charge is -2.08. The van der Waals surface area contributed by atoms with Gasteiger partial charge in [0.1, 0.15) is 12.4 Å². The fourth-order valence-electron chi connectivity index (χ4n) is 2.38. The normalized spacial score (nSPS) is 10.6. The molecular weight excluding hydrogens is 360 g/mol. The molecule has 6 nitrogen and oxygen atoms in total. The van der Waals surface area contributed by atoms with Gasteiger partial charge in [-0.05, 0) is 50.1 Å². The number of aromatic nitrogens is 3. The Labute approximate surface area is 162 Å². The Balaban J connectivity index is 1.48. The molecule has 0 atom stereocenters. The molecule has 1 aromatic heterocycles.